The van der Waals surface area contributed by atoms with Crippen LogP contribution in [0.1, 0.15) is 23.7 Å². The van der Waals surface area contributed by atoms with Crippen LogP contribution >= 0.6 is 0 Å². The minimum absolute atomic E-state index is 0.0903. The van der Waals surface area contributed by atoms with Crippen LogP contribution in [0.25, 0.3) is 0 Å². The summed E-state index contributed by atoms with van der Waals surface area (Å²) in [7, 11) is 0. The van der Waals surface area contributed by atoms with Crippen LogP contribution in [0.3, 0.4) is 0 Å². The van der Waals surface area contributed by atoms with Gasteiger partial charge in [-0.05, 0) is 31.2 Å². The van der Waals surface area contributed by atoms with Gasteiger partial charge in [0.15, 0.2) is 5.78 Å². The average molecular weight is 177 g/mol. The predicted octanol–water partition coefficient (Wildman–Crippen LogP) is 2.00. The Balaban J connectivity index is 2.78. The quantitative estimate of drug-likeness (QED) is 0.548. The topological polar surface area (TPSA) is 61.2 Å². The van der Waals surface area contributed by atoms with Crippen LogP contribution in [-0.2, 0) is 0 Å². The summed E-state index contributed by atoms with van der Waals surface area (Å²) in [4.78, 5) is 11.3. The number of rotatable bonds is 3. The Morgan fingerprint density at radius 3 is 2.38 bits per heavy atom. The van der Waals surface area contributed by atoms with Crippen LogP contribution in [0.15, 0.2) is 24.3 Å². The Labute approximate surface area is 76.5 Å². The highest BCUT2D eigenvalue weighted by Gasteiger charge is 2.05. The minimum atomic E-state index is -0.0903. The highest BCUT2D eigenvalue weighted by atomic mass is 16.3. The minimum Gasteiger partial charge on any atom is -0.508 e. The number of benzene rings is 1. The molecule has 13 heavy (non-hydrogen) atoms. The second-order valence-corrected chi connectivity index (χ2v) is 2.93. The summed E-state index contributed by atoms with van der Waals surface area (Å²) in [5.74, 6) is 0.0515. The lowest BCUT2D eigenvalue weighted by atomic mass is 10.1. The fourth-order valence-corrected chi connectivity index (χ4v) is 0.990. The summed E-state index contributed by atoms with van der Waals surface area (Å²) >= 11 is 0. The molecule has 2 N–H and O–H groups in total. The van der Waals surface area contributed by atoms with Crippen LogP contribution in [0.5, 0.6) is 5.75 Å². The maximum atomic E-state index is 11.3. The molecule has 0 atom stereocenters. The van der Waals surface area contributed by atoms with Gasteiger partial charge in [0.1, 0.15) is 5.75 Å². The summed E-state index contributed by atoms with van der Waals surface area (Å²) in [5, 5.41) is 16.1. The first-order valence-corrected chi connectivity index (χ1v) is 3.96. The van der Waals surface area contributed by atoms with Crippen LogP contribution < -0.4 is 0 Å². The number of carbonyl (C=O) groups excluding carboxylic acids is 1. The number of Topliss-reactive ketones (excluding diaryl/α,β-unsaturated/α-hetero) is 1. The van der Waals surface area contributed by atoms with Crippen molar-refractivity contribution in [3.05, 3.63) is 29.8 Å². The highest BCUT2D eigenvalue weighted by molar-refractivity contribution is 6.08. The Bertz CT molecular complexity index is 327. The van der Waals surface area contributed by atoms with Crippen molar-refractivity contribution in [2.75, 3.05) is 0 Å². The Kier molecular flexibility index (Phi) is 2.80. The molecule has 0 amide bonds. The van der Waals surface area contributed by atoms with Crippen molar-refractivity contribution in [2.24, 2.45) is 0 Å². The molecule has 0 unspecified atom stereocenters. The van der Waals surface area contributed by atoms with Crippen molar-refractivity contribution in [2.45, 2.75) is 13.3 Å². The van der Waals surface area contributed by atoms with Gasteiger partial charge in [0.05, 0.1) is 0 Å². The van der Waals surface area contributed by atoms with E-state index in [9.17, 15) is 4.79 Å². The van der Waals surface area contributed by atoms with E-state index in [1.807, 2.05) is 0 Å². The Morgan fingerprint density at radius 2 is 1.92 bits per heavy atom. The first-order chi connectivity index (χ1) is 6.09. The van der Waals surface area contributed by atoms with Crippen LogP contribution in [0.4, 0.5) is 0 Å². The van der Waals surface area contributed by atoms with Crippen molar-refractivity contribution in [3.8, 4) is 5.75 Å². The molecule has 0 radical (unpaired) electrons. The van der Waals surface area contributed by atoms with Gasteiger partial charge in [-0.1, -0.05) is 0 Å². The monoisotopic (exact) mass is 177 g/mol. The third-order valence-electron chi connectivity index (χ3n) is 1.62. The number of ketones is 1. The first-order valence-electron chi connectivity index (χ1n) is 3.96. The van der Waals surface area contributed by atoms with E-state index < -0.39 is 0 Å². The van der Waals surface area contributed by atoms with Crippen molar-refractivity contribution in [1.29, 1.82) is 5.41 Å². The lowest BCUT2D eigenvalue weighted by Gasteiger charge is -1.99. The van der Waals surface area contributed by atoms with Crippen molar-refractivity contribution < 1.29 is 9.90 Å². The lowest BCUT2D eigenvalue weighted by molar-refractivity contribution is 0.100. The summed E-state index contributed by atoms with van der Waals surface area (Å²) in [6.07, 6.45) is 0.144. The zero-order valence-electron chi connectivity index (χ0n) is 7.37. The van der Waals surface area contributed by atoms with E-state index in [1.54, 1.807) is 19.1 Å². The molecular formula is C10H11NO2. The number of nitrogens with one attached hydrogen (secondary N) is 1. The molecule has 0 aliphatic carbocycles. The molecule has 0 saturated heterocycles. The number of hydrogen-bond acceptors (Lipinski definition) is 3. The molecule has 1 aromatic carbocycles. The van der Waals surface area contributed by atoms with Gasteiger partial charge in [-0.15, -0.1) is 0 Å². The zero-order chi connectivity index (χ0) is 9.84. The van der Waals surface area contributed by atoms with E-state index in [0.29, 0.717) is 11.3 Å². The van der Waals surface area contributed by atoms with Gasteiger partial charge in [-0.25, -0.2) is 0 Å². The molecule has 68 valence electrons. The van der Waals surface area contributed by atoms with Gasteiger partial charge in [0.25, 0.3) is 0 Å². The maximum Gasteiger partial charge on any atom is 0.168 e. The molecule has 1 rings (SSSR count). The SMILES string of the molecule is CC(=N)CC(=O)c1ccc(O)cc1. The number of phenols is 1. The highest BCUT2D eigenvalue weighted by Crippen LogP contribution is 2.11. The molecule has 0 aliphatic heterocycles. The molecule has 0 saturated carbocycles. The van der Waals surface area contributed by atoms with Gasteiger partial charge < -0.3 is 10.5 Å². The van der Waals surface area contributed by atoms with Gasteiger partial charge in [-0.2, -0.15) is 0 Å². The second kappa shape index (κ2) is 3.85. The van der Waals surface area contributed by atoms with E-state index in [4.69, 9.17) is 10.5 Å². The van der Waals surface area contributed by atoms with Crippen molar-refractivity contribution >= 4 is 11.5 Å². The second-order valence-electron chi connectivity index (χ2n) is 2.93. The molecule has 3 nitrogen and oxygen atoms in total. The molecule has 0 aliphatic rings. The average Bonchev–Trinajstić information content (AvgIpc) is 2.04. The molecule has 1 aromatic rings. The van der Waals surface area contributed by atoms with E-state index in [2.05, 4.69) is 0 Å². The third-order valence-corrected chi connectivity index (χ3v) is 1.62. The standard InChI is InChI=1S/C10H11NO2/c1-7(11)6-10(13)8-2-4-9(12)5-3-8/h2-5,11-12H,6H2,1H3. The van der Waals surface area contributed by atoms with Gasteiger partial charge >= 0.3 is 0 Å². The summed E-state index contributed by atoms with van der Waals surface area (Å²) in [5.41, 5.74) is 0.877. The van der Waals surface area contributed by atoms with Crippen molar-refractivity contribution in [3.63, 3.8) is 0 Å². The molecule has 0 bridgehead atoms. The molecule has 0 heterocycles. The summed E-state index contributed by atoms with van der Waals surface area (Å²) < 4.78 is 0. The van der Waals surface area contributed by atoms with E-state index in [0.717, 1.165) is 0 Å². The smallest absolute Gasteiger partial charge is 0.168 e. The third kappa shape index (κ3) is 2.71. The summed E-state index contributed by atoms with van der Waals surface area (Å²) in [6, 6.07) is 6.04. The Morgan fingerprint density at radius 1 is 1.38 bits per heavy atom. The van der Waals surface area contributed by atoms with Gasteiger partial charge in [-0.3, -0.25) is 4.79 Å². The molecule has 0 fully saturated rings. The summed E-state index contributed by atoms with van der Waals surface area (Å²) in [6.45, 7) is 1.60. The fraction of sp³-hybridized carbons (Fsp3) is 0.200. The number of aromatic hydroxyl groups is 1. The molecule has 3 heteroatoms. The van der Waals surface area contributed by atoms with E-state index in [1.165, 1.54) is 12.1 Å². The van der Waals surface area contributed by atoms with Gasteiger partial charge in [0.2, 0.25) is 0 Å². The van der Waals surface area contributed by atoms with Crippen molar-refractivity contribution in [1.82, 2.24) is 0 Å². The van der Waals surface area contributed by atoms with Crippen LogP contribution in [0, 0.1) is 5.41 Å². The molecule has 0 spiro atoms. The van der Waals surface area contributed by atoms with Gasteiger partial charge in [0, 0.05) is 17.7 Å². The van der Waals surface area contributed by atoms with Crippen LogP contribution in [-0.4, -0.2) is 16.6 Å². The Hall–Kier alpha value is -1.64. The van der Waals surface area contributed by atoms with Crippen LogP contribution in [0.2, 0.25) is 0 Å². The maximum absolute atomic E-state index is 11.3. The number of carbonyl (C=O) groups is 1. The normalized spacial score (nSPS) is 9.62. The van der Waals surface area contributed by atoms with E-state index >= 15 is 0 Å². The molecule has 0 aromatic heterocycles. The number of hydrogen-bond donors (Lipinski definition) is 2. The first kappa shape index (κ1) is 9.45. The lowest BCUT2D eigenvalue weighted by Crippen LogP contribution is -2.03. The molecular weight excluding hydrogens is 166 g/mol. The largest absolute Gasteiger partial charge is 0.508 e. The zero-order valence-corrected chi connectivity index (χ0v) is 7.37. The predicted molar refractivity (Wildman–Crippen MR) is 50.5 cm³/mol. The number of phenolic OH excluding ortho intramolecular Hbond substituents is 1. The fourth-order valence-electron chi connectivity index (χ4n) is 0.990. The van der Waals surface area contributed by atoms with E-state index in [-0.39, 0.29) is 18.0 Å².